The molecule has 0 spiro atoms. The lowest BCUT2D eigenvalue weighted by molar-refractivity contribution is 0.211. The summed E-state index contributed by atoms with van der Waals surface area (Å²) in [6.07, 6.45) is 5.97. The quantitative estimate of drug-likeness (QED) is 0.679. The standard InChI is InChI=1S/C16H27NO/c1-4-5-6-7-11-16(3,13-18)17-15-10-8-9-14(2)12-15/h8-10,12,17-18H,4-7,11,13H2,1-3H3. The molecule has 0 aliphatic carbocycles. The van der Waals surface area contributed by atoms with E-state index in [4.69, 9.17) is 0 Å². The minimum absolute atomic E-state index is 0.174. The average molecular weight is 249 g/mol. The highest BCUT2D eigenvalue weighted by Gasteiger charge is 2.22. The van der Waals surface area contributed by atoms with Crippen LogP contribution in [0.1, 0.15) is 51.5 Å². The van der Waals surface area contributed by atoms with Crippen molar-refractivity contribution in [1.82, 2.24) is 0 Å². The second kappa shape index (κ2) is 7.42. The van der Waals surface area contributed by atoms with E-state index in [9.17, 15) is 5.11 Å². The van der Waals surface area contributed by atoms with Gasteiger partial charge in [-0.1, -0.05) is 44.7 Å². The number of aryl methyl sites for hydroxylation is 1. The molecule has 102 valence electrons. The van der Waals surface area contributed by atoms with Gasteiger partial charge in [-0.25, -0.2) is 0 Å². The lowest BCUT2D eigenvalue weighted by Crippen LogP contribution is -2.38. The van der Waals surface area contributed by atoms with E-state index in [1.54, 1.807) is 0 Å². The molecule has 0 amide bonds. The number of hydrogen-bond donors (Lipinski definition) is 2. The molecular weight excluding hydrogens is 222 g/mol. The van der Waals surface area contributed by atoms with E-state index in [1.165, 1.54) is 31.2 Å². The Morgan fingerprint density at radius 2 is 2.00 bits per heavy atom. The van der Waals surface area contributed by atoms with Gasteiger partial charge in [0.2, 0.25) is 0 Å². The van der Waals surface area contributed by atoms with Crippen LogP contribution in [0.2, 0.25) is 0 Å². The van der Waals surface area contributed by atoms with Crippen LogP contribution in [0.5, 0.6) is 0 Å². The van der Waals surface area contributed by atoms with Gasteiger partial charge in [-0.2, -0.15) is 0 Å². The Morgan fingerprint density at radius 1 is 1.22 bits per heavy atom. The summed E-state index contributed by atoms with van der Waals surface area (Å²) in [7, 11) is 0. The van der Waals surface area contributed by atoms with Crippen molar-refractivity contribution in [1.29, 1.82) is 0 Å². The summed E-state index contributed by atoms with van der Waals surface area (Å²) >= 11 is 0. The minimum Gasteiger partial charge on any atom is -0.394 e. The normalized spacial score (nSPS) is 14.2. The molecule has 1 aromatic carbocycles. The topological polar surface area (TPSA) is 32.3 Å². The molecule has 0 aliphatic heterocycles. The third-order valence-electron chi connectivity index (χ3n) is 3.40. The zero-order valence-corrected chi connectivity index (χ0v) is 12.0. The van der Waals surface area contributed by atoms with Gasteiger partial charge >= 0.3 is 0 Å². The van der Waals surface area contributed by atoms with Gasteiger partial charge in [0, 0.05) is 5.69 Å². The zero-order chi connectivity index (χ0) is 13.4. The molecule has 1 rings (SSSR count). The molecule has 0 saturated heterocycles. The van der Waals surface area contributed by atoms with Crippen LogP contribution in [-0.2, 0) is 0 Å². The van der Waals surface area contributed by atoms with Gasteiger partial charge in [-0.05, 0) is 38.0 Å². The molecule has 0 aromatic heterocycles. The molecule has 2 N–H and O–H groups in total. The Labute approximate surface area is 111 Å². The number of aliphatic hydroxyl groups is 1. The van der Waals surface area contributed by atoms with Crippen molar-refractivity contribution in [2.45, 2.75) is 58.4 Å². The lowest BCUT2D eigenvalue weighted by atomic mass is 9.94. The number of unbranched alkanes of at least 4 members (excludes halogenated alkanes) is 3. The Hall–Kier alpha value is -1.02. The molecule has 0 saturated carbocycles. The van der Waals surface area contributed by atoms with E-state index < -0.39 is 0 Å². The average Bonchev–Trinajstić information content (AvgIpc) is 2.35. The van der Waals surface area contributed by atoms with Crippen LogP contribution in [0.25, 0.3) is 0 Å². The number of rotatable bonds is 8. The van der Waals surface area contributed by atoms with Gasteiger partial charge in [-0.15, -0.1) is 0 Å². The molecule has 1 aromatic rings. The summed E-state index contributed by atoms with van der Waals surface area (Å²) in [6, 6.07) is 8.32. The predicted octanol–water partition coefficient (Wildman–Crippen LogP) is 4.13. The van der Waals surface area contributed by atoms with Gasteiger partial charge in [0.15, 0.2) is 0 Å². The van der Waals surface area contributed by atoms with E-state index in [0.29, 0.717) is 0 Å². The summed E-state index contributed by atoms with van der Waals surface area (Å²) < 4.78 is 0. The molecule has 0 aliphatic rings. The highest BCUT2D eigenvalue weighted by Crippen LogP contribution is 2.22. The van der Waals surface area contributed by atoms with Gasteiger partial charge in [0.05, 0.1) is 12.1 Å². The molecular formula is C16H27NO. The molecule has 0 fully saturated rings. The monoisotopic (exact) mass is 249 g/mol. The van der Waals surface area contributed by atoms with Crippen molar-refractivity contribution in [3.05, 3.63) is 29.8 Å². The first-order valence-electron chi connectivity index (χ1n) is 7.05. The molecule has 0 heterocycles. The number of aliphatic hydroxyl groups excluding tert-OH is 1. The minimum atomic E-state index is -0.207. The van der Waals surface area contributed by atoms with Crippen LogP contribution in [-0.4, -0.2) is 17.3 Å². The largest absolute Gasteiger partial charge is 0.394 e. The van der Waals surface area contributed by atoms with Crippen molar-refractivity contribution in [2.75, 3.05) is 11.9 Å². The maximum atomic E-state index is 9.61. The van der Waals surface area contributed by atoms with Crippen molar-refractivity contribution in [3.8, 4) is 0 Å². The maximum absolute atomic E-state index is 9.61. The summed E-state index contributed by atoms with van der Waals surface area (Å²) in [5.74, 6) is 0. The Balaban J connectivity index is 2.53. The predicted molar refractivity (Wildman–Crippen MR) is 79.1 cm³/mol. The van der Waals surface area contributed by atoms with Gasteiger partial charge in [0.25, 0.3) is 0 Å². The molecule has 0 radical (unpaired) electrons. The Morgan fingerprint density at radius 3 is 2.61 bits per heavy atom. The fourth-order valence-electron chi connectivity index (χ4n) is 2.19. The van der Waals surface area contributed by atoms with Crippen molar-refractivity contribution >= 4 is 5.69 Å². The van der Waals surface area contributed by atoms with E-state index >= 15 is 0 Å². The van der Waals surface area contributed by atoms with Crippen LogP contribution in [0, 0.1) is 6.92 Å². The molecule has 1 unspecified atom stereocenters. The van der Waals surface area contributed by atoms with Crippen LogP contribution >= 0.6 is 0 Å². The van der Waals surface area contributed by atoms with Crippen LogP contribution in [0.3, 0.4) is 0 Å². The summed E-state index contributed by atoms with van der Waals surface area (Å²) in [5, 5.41) is 13.1. The smallest absolute Gasteiger partial charge is 0.0658 e. The molecule has 2 heteroatoms. The summed E-state index contributed by atoms with van der Waals surface area (Å²) in [4.78, 5) is 0. The maximum Gasteiger partial charge on any atom is 0.0658 e. The van der Waals surface area contributed by atoms with Crippen molar-refractivity contribution in [3.63, 3.8) is 0 Å². The number of nitrogens with one attached hydrogen (secondary N) is 1. The first-order chi connectivity index (χ1) is 8.59. The van der Waals surface area contributed by atoms with Gasteiger partial charge in [0.1, 0.15) is 0 Å². The highest BCUT2D eigenvalue weighted by atomic mass is 16.3. The first kappa shape index (κ1) is 15.0. The lowest BCUT2D eigenvalue weighted by Gasteiger charge is -2.30. The van der Waals surface area contributed by atoms with Gasteiger partial charge < -0.3 is 10.4 Å². The van der Waals surface area contributed by atoms with E-state index in [1.807, 2.05) is 6.07 Å². The number of hydrogen-bond acceptors (Lipinski definition) is 2. The molecule has 0 bridgehead atoms. The van der Waals surface area contributed by atoms with Crippen LogP contribution in [0.4, 0.5) is 5.69 Å². The van der Waals surface area contributed by atoms with E-state index in [2.05, 4.69) is 44.3 Å². The molecule has 2 nitrogen and oxygen atoms in total. The second-order valence-corrected chi connectivity index (χ2v) is 5.52. The van der Waals surface area contributed by atoms with Crippen LogP contribution in [0.15, 0.2) is 24.3 Å². The molecule has 1 atom stereocenters. The SMILES string of the molecule is CCCCCCC(C)(CO)Nc1cccc(C)c1. The van der Waals surface area contributed by atoms with Gasteiger partial charge in [-0.3, -0.25) is 0 Å². The fourth-order valence-corrected chi connectivity index (χ4v) is 2.19. The Bertz CT molecular complexity index is 351. The highest BCUT2D eigenvalue weighted by molar-refractivity contribution is 5.47. The third-order valence-corrected chi connectivity index (χ3v) is 3.40. The summed E-state index contributed by atoms with van der Waals surface area (Å²) in [5.41, 5.74) is 2.13. The van der Waals surface area contributed by atoms with Crippen molar-refractivity contribution in [2.24, 2.45) is 0 Å². The molecule has 18 heavy (non-hydrogen) atoms. The zero-order valence-electron chi connectivity index (χ0n) is 12.0. The second-order valence-electron chi connectivity index (χ2n) is 5.52. The van der Waals surface area contributed by atoms with E-state index in [-0.39, 0.29) is 12.1 Å². The third kappa shape index (κ3) is 5.09. The first-order valence-corrected chi connectivity index (χ1v) is 7.05. The fraction of sp³-hybridized carbons (Fsp3) is 0.625. The van der Waals surface area contributed by atoms with Crippen LogP contribution < -0.4 is 5.32 Å². The summed E-state index contributed by atoms with van der Waals surface area (Å²) in [6.45, 7) is 6.58. The number of anilines is 1. The Kier molecular flexibility index (Phi) is 6.20. The number of benzene rings is 1. The van der Waals surface area contributed by atoms with E-state index in [0.717, 1.165) is 12.1 Å². The van der Waals surface area contributed by atoms with Crippen molar-refractivity contribution < 1.29 is 5.11 Å².